The Labute approximate surface area is 156 Å². The molecule has 0 radical (unpaired) electrons. The van der Waals surface area contributed by atoms with Crippen LogP contribution in [0.3, 0.4) is 0 Å². The molecule has 0 rings (SSSR count). The second kappa shape index (κ2) is 18.3. The van der Waals surface area contributed by atoms with Crippen LogP contribution in [0, 0.1) is 0 Å². The van der Waals surface area contributed by atoms with E-state index in [-0.39, 0.29) is 25.5 Å². The number of hydrogen-bond acceptors (Lipinski definition) is 8. The minimum absolute atomic E-state index is 0.0188. The second-order valence-corrected chi connectivity index (χ2v) is 7.71. The van der Waals surface area contributed by atoms with Gasteiger partial charge in [-0.05, 0) is 6.42 Å². The zero-order valence-corrected chi connectivity index (χ0v) is 16.9. The predicted octanol–water partition coefficient (Wildman–Crippen LogP) is 1.06. The average Bonchev–Trinajstić information content (AvgIpc) is 2.63. The summed E-state index contributed by atoms with van der Waals surface area (Å²) in [5.74, 6) is 0. The third kappa shape index (κ3) is 16.1. The van der Waals surface area contributed by atoms with Crippen molar-refractivity contribution < 1.29 is 42.8 Å². The first-order valence-electron chi connectivity index (χ1n) is 9.01. The van der Waals surface area contributed by atoms with Gasteiger partial charge in [-0.1, -0.05) is 13.8 Å². The molecule has 2 atom stereocenters. The quantitative estimate of drug-likeness (QED) is 0.228. The number of ether oxygens (including phenoxy) is 5. The van der Waals surface area contributed by atoms with E-state index in [1.807, 2.05) is 6.92 Å². The average molecular weight is 402 g/mol. The molecule has 0 aliphatic rings. The van der Waals surface area contributed by atoms with Crippen LogP contribution in [0.1, 0.15) is 20.3 Å². The van der Waals surface area contributed by atoms with E-state index in [1.165, 1.54) is 0 Å². The highest BCUT2D eigenvalue weighted by Gasteiger charge is 2.26. The van der Waals surface area contributed by atoms with Crippen molar-refractivity contribution in [2.75, 3.05) is 79.3 Å². The molecule has 158 valence electrons. The van der Waals surface area contributed by atoms with Gasteiger partial charge in [0.1, 0.15) is 0 Å². The summed E-state index contributed by atoms with van der Waals surface area (Å²) in [7, 11) is -3.53. The fourth-order valence-corrected chi connectivity index (χ4v) is 2.68. The normalized spacial score (nSPS) is 15.1. The van der Waals surface area contributed by atoms with Gasteiger partial charge in [0.15, 0.2) is 0 Å². The topological polar surface area (TPSA) is 113 Å². The lowest BCUT2D eigenvalue weighted by molar-refractivity contribution is -0.0148. The van der Waals surface area contributed by atoms with Crippen LogP contribution in [-0.2, 0) is 32.8 Å². The minimum atomic E-state index is -3.53. The Kier molecular flexibility index (Phi) is 18.2. The summed E-state index contributed by atoms with van der Waals surface area (Å²) in [6.07, 6.45) is 0.593. The van der Waals surface area contributed by atoms with Gasteiger partial charge in [0.05, 0.1) is 84.9 Å². The van der Waals surface area contributed by atoms with Crippen LogP contribution in [0.2, 0.25) is 0 Å². The molecule has 2 unspecified atom stereocenters. The first kappa shape index (κ1) is 25.9. The Bertz CT molecular complexity index is 344. The maximum Gasteiger partial charge on any atom is 0.330 e. The van der Waals surface area contributed by atoms with Crippen molar-refractivity contribution in [2.45, 2.75) is 25.9 Å². The van der Waals surface area contributed by atoms with Crippen molar-refractivity contribution in [3.63, 3.8) is 0 Å². The van der Waals surface area contributed by atoms with Crippen molar-refractivity contribution in [1.29, 1.82) is 0 Å². The molecule has 0 amide bonds. The predicted molar refractivity (Wildman–Crippen MR) is 96.7 cm³/mol. The highest BCUT2D eigenvalue weighted by atomic mass is 31.2. The van der Waals surface area contributed by atoms with Crippen LogP contribution in [0.15, 0.2) is 0 Å². The monoisotopic (exact) mass is 402 g/mol. The minimum Gasteiger partial charge on any atom is -0.394 e. The van der Waals surface area contributed by atoms with Crippen LogP contribution in [0.25, 0.3) is 0 Å². The highest BCUT2D eigenvalue weighted by molar-refractivity contribution is 7.53. The van der Waals surface area contributed by atoms with Gasteiger partial charge >= 0.3 is 7.60 Å². The molecule has 2 N–H and O–H groups in total. The Morgan fingerprint density at radius 3 is 1.42 bits per heavy atom. The summed E-state index contributed by atoms with van der Waals surface area (Å²) in [6, 6.07) is 0. The fourth-order valence-electron chi connectivity index (χ4n) is 1.63. The van der Waals surface area contributed by atoms with Crippen LogP contribution < -0.4 is 0 Å². The van der Waals surface area contributed by atoms with Crippen LogP contribution in [-0.4, -0.2) is 94.9 Å². The number of aliphatic hydroxyl groups excluding tert-OH is 1. The van der Waals surface area contributed by atoms with E-state index in [9.17, 15) is 9.46 Å². The van der Waals surface area contributed by atoms with Crippen molar-refractivity contribution in [1.82, 2.24) is 0 Å². The van der Waals surface area contributed by atoms with Gasteiger partial charge in [0, 0.05) is 0 Å². The zero-order valence-electron chi connectivity index (χ0n) is 16.0. The lowest BCUT2D eigenvalue weighted by Crippen LogP contribution is -2.14. The van der Waals surface area contributed by atoms with E-state index in [2.05, 4.69) is 0 Å². The molecule has 0 heterocycles. The Balaban J connectivity index is 3.19. The van der Waals surface area contributed by atoms with Gasteiger partial charge in [0.2, 0.25) is 0 Å². The van der Waals surface area contributed by atoms with E-state index in [0.29, 0.717) is 65.9 Å². The molecule has 0 aliphatic heterocycles. The lowest BCUT2D eigenvalue weighted by Gasteiger charge is -2.17. The standard InChI is InChI=1S/C16H35O9P/c1-3-16(2)26(18,19)25-15-14-24-13-12-23-11-10-22-9-8-21-7-6-20-5-4-17/h16-17H,3-15H2,1-2H3,(H,18,19). The second-order valence-electron chi connectivity index (χ2n) is 5.44. The Morgan fingerprint density at radius 1 is 0.731 bits per heavy atom. The largest absolute Gasteiger partial charge is 0.394 e. The van der Waals surface area contributed by atoms with E-state index >= 15 is 0 Å². The SMILES string of the molecule is CCC(C)P(=O)(O)OCCOCCOCCOCCOCCOCCO. The van der Waals surface area contributed by atoms with Crippen LogP contribution in [0.5, 0.6) is 0 Å². The molecule has 26 heavy (non-hydrogen) atoms. The maximum absolute atomic E-state index is 11.7. The van der Waals surface area contributed by atoms with Crippen molar-refractivity contribution in [2.24, 2.45) is 0 Å². The van der Waals surface area contributed by atoms with Gasteiger partial charge in [-0.2, -0.15) is 0 Å². The number of rotatable bonds is 20. The van der Waals surface area contributed by atoms with Crippen LogP contribution in [0.4, 0.5) is 0 Å². The molecule has 9 nitrogen and oxygen atoms in total. The molecule has 0 fully saturated rings. The smallest absolute Gasteiger partial charge is 0.330 e. The fraction of sp³-hybridized carbons (Fsp3) is 1.00. The van der Waals surface area contributed by atoms with Gasteiger partial charge in [-0.25, -0.2) is 0 Å². The van der Waals surface area contributed by atoms with Gasteiger partial charge in [0.25, 0.3) is 0 Å². The third-order valence-electron chi connectivity index (χ3n) is 3.38. The van der Waals surface area contributed by atoms with Crippen molar-refractivity contribution in [3.05, 3.63) is 0 Å². The Hall–Kier alpha value is -0.0900. The molecule has 0 aromatic rings. The summed E-state index contributed by atoms with van der Waals surface area (Å²) in [6.45, 7) is 7.86. The molecule has 0 bridgehead atoms. The van der Waals surface area contributed by atoms with Crippen molar-refractivity contribution >= 4 is 7.60 Å². The van der Waals surface area contributed by atoms with Gasteiger partial charge < -0.3 is 38.2 Å². The van der Waals surface area contributed by atoms with Gasteiger partial charge in [-0.3, -0.25) is 4.57 Å². The highest BCUT2D eigenvalue weighted by Crippen LogP contribution is 2.48. The first-order chi connectivity index (χ1) is 12.5. The number of hydrogen-bond donors (Lipinski definition) is 2. The van der Waals surface area contributed by atoms with E-state index < -0.39 is 7.60 Å². The summed E-state index contributed by atoms with van der Waals surface area (Å²) >= 11 is 0. The molecule has 0 aromatic heterocycles. The number of aliphatic hydroxyl groups is 1. The molecule has 10 heteroatoms. The molecular formula is C16H35O9P. The maximum atomic E-state index is 11.7. The summed E-state index contributed by atoms with van der Waals surface area (Å²) in [5.41, 5.74) is -0.365. The van der Waals surface area contributed by atoms with E-state index in [4.69, 9.17) is 33.3 Å². The summed E-state index contributed by atoms with van der Waals surface area (Å²) < 4.78 is 43.0. The molecule has 0 saturated heterocycles. The molecule has 0 spiro atoms. The van der Waals surface area contributed by atoms with E-state index in [0.717, 1.165) is 0 Å². The van der Waals surface area contributed by atoms with Crippen LogP contribution >= 0.6 is 7.60 Å². The molecule has 0 saturated carbocycles. The molecule has 0 aromatic carbocycles. The molecular weight excluding hydrogens is 367 g/mol. The zero-order chi connectivity index (χ0) is 19.5. The Morgan fingerprint density at radius 2 is 1.08 bits per heavy atom. The van der Waals surface area contributed by atoms with E-state index in [1.54, 1.807) is 6.92 Å². The summed E-state index contributed by atoms with van der Waals surface area (Å²) in [4.78, 5) is 9.62. The van der Waals surface area contributed by atoms with Gasteiger partial charge in [-0.15, -0.1) is 0 Å². The first-order valence-corrected chi connectivity index (χ1v) is 10.7. The lowest BCUT2D eigenvalue weighted by atomic mass is 10.4. The molecule has 0 aliphatic carbocycles. The summed E-state index contributed by atoms with van der Waals surface area (Å²) in [5, 5.41) is 8.51. The third-order valence-corrected chi connectivity index (χ3v) is 5.41. The van der Waals surface area contributed by atoms with Crippen molar-refractivity contribution in [3.8, 4) is 0 Å².